The van der Waals surface area contributed by atoms with E-state index in [1.807, 2.05) is 0 Å². The van der Waals surface area contributed by atoms with Crippen LogP contribution in [0.3, 0.4) is 0 Å². The summed E-state index contributed by atoms with van der Waals surface area (Å²) in [5.74, 6) is -2.90. The maximum atomic E-state index is 12.3. The minimum Gasteiger partial charge on any atom is -0.481 e. The molecule has 22 heavy (non-hydrogen) atoms. The number of hydrogen-bond donors (Lipinski definition) is 2. The van der Waals surface area contributed by atoms with E-state index < -0.39 is 28.6 Å². The first kappa shape index (κ1) is 15.7. The molecule has 2 rings (SSSR count). The average Bonchev–Trinajstić information content (AvgIpc) is 2.49. The third kappa shape index (κ3) is 3.30. The maximum Gasteiger partial charge on any atom is 0.307 e. The number of benzene rings is 1. The van der Waals surface area contributed by atoms with Crippen LogP contribution in [0.25, 0.3) is 0 Å². The first-order valence-corrected chi connectivity index (χ1v) is 6.84. The second-order valence-electron chi connectivity index (χ2n) is 5.24. The molecule has 1 aromatic rings. The van der Waals surface area contributed by atoms with E-state index in [1.165, 1.54) is 12.1 Å². The fourth-order valence-electron chi connectivity index (χ4n) is 2.46. The standard InChI is InChI=1S/C15H16N2O5/c1-9-6-7-10(17(21)22)8-13(9)16-14(18)11-4-2-3-5-12(11)15(19)20/h2-3,6-8,11-12H,4-5H2,1H3,(H,16,18)(H,19,20). The van der Waals surface area contributed by atoms with Crippen molar-refractivity contribution >= 4 is 23.3 Å². The molecule has 1 aromatic carbocycles. The summed E-state index contributed by atoms with van der Waals surface area (Å²) >= 11 is 0. The van der Waals surface area contributed by atoms with Crippen LogP contribution < -0.4 is 5.32 Å². The fourth-order valence-corrected chi connectivity index (χ4v) is 2.46. The molecule has 0 aromatic heterocycles. The van der Waals surface area contributed by atoms with Crippen molar-refractivity contribution in [3.8, 4) is 0 Å². The monoisotopic (exact) mass is 304 g/mol. The van der Waals surface area contributed by atoms with Gasteiger partial charge in [0.1, 0.15) is 0 Å². The van der Waals surface area contributed by atoms with Crippen LogP contribution in [0.2, 0.25) is 0 Å². The molecule has 2 N–H and O–H groups in total. The number of aryl methyl sites for hydroxylation is 1. The molecular weight excluding hydrogens is 288 g/mol. The number of carboxylic acid groups (broad SMARTS) is 1. The lowest BCUT2D eigenvalue weighted by Crippen LogP contribution is -2.34. The SMILES string of the molecule is Cc1ccc([N+](=O)[O-])cc1NC(=O)C1CC=CCC1C(=O)O. The molecule has 116 valence electrons. The van der Waals surface area contributed by atoms with Crippen molar-refractivity contribution < 1.29 is 19.6 Å². The van der Waals surface area contributed by atoms with Gasteiger partial charge in [-0.1, -0.05) is 18.2 Å². The third-order valence-electron chi connectivity index (χ3n) is 3.78. The van der Waals surface area contributed by atoms with Crippen molar-refractivity contribution in [2.24, 2.45) is 11.8 Å². The van der Waals surface area contributed by atoms with Gasteiger partial charge in [-0.25, -0.2) is 0 Å². The normalized spacial score (nSPS) is 20.4. The van der Waals surface area contributed by atoms with Crippen LogP contribution >= 0.6 is 0 Å². The summed E-state index contributed by atoms with van der Waals surface area (Å²) < 4.78 is 0. The Kier molecular flexibility index (Phi) is 4.55. The molecule has 0 saturated heterocycles. The second-order valence-corrected chi connectivity index (χ2v) is 5.24. The van der Waals surface area contributed by atoms with Gasteiger partial charge in [-0.2, -0.15) is 0 Å². The lowest BCUT2D eigenvalue weighted by atomic mass is 9.82. The van der Waals surface area contributed by atoms with Gasteiger partial charge in [-0.3, -0.25) is 19.7 Å². The minimum absolute atomic E-state index is 0.126. The van der Waals surface area contributed by atoms with Gasteiger partial charge in [0.15, 0.2) is 0 Å². The van der Waals surface area contributed by atoms with Crippen LogP contribution in [0.4, 0.5) is 11.4 Å². The first-order chi connectivity index (χ1) is 10.4. The highest BCUT2D eigenvalue weighted by atomic mass is 16.6. The Morgan fingerprint density at radius 1 is 1.27 bits per heavy atom. The zero-order valence-corrected chi connectivity index (χ0v) is 12.0. The van der Waals surface area contributed by atoms with Crippen LogP contribution in [0.15, 0.2) is 30.4 Å². The Morgan fingerprint density at radius 3 is 2.50 bits per heavy atom. The van der Waals surface area contributed by atoms with E-state index >= 15 is 0 Å². The van der Waals surface area contributed by atoms with Gasteiger partial charge in [-0.15, -0.1) is 0 Å². The topological polar surface area (TPSA) is 110 Å². The third-order valence-corrected chi connectivity index (χ3v) is 3.78. The smallest absolute Gasteiger partial charge is 0.307 e. The Balaban J connectivity index is 2.21. The van der Waals surface area contributed by atoms with Crippen molar-refractivity contribution in [2.45, 2.75) is 19.8 Å². The highest BCUT2D eigenvalue weighted by molar-refractivity contribution is 5.96. The number of amides is 1. The lowest BCUT2D eigenvalue weighted by molar-refractivity contribution is -0.384. The van der Waals surface area contributed by atoms with Crippen LogP contribution in [-0.2, 0) is 9.59 Å². The molecule has 1 aliphatic carbocycles. The maximum absolute atomic E-state index is 12.3. The number of aliphatic carboxylic acids is 1. The quantitative estimate of drug-likeness (QED) is 0.504. The number of allylic oxidation sites excluding steroid dienone is 2. The van der Waals surface area contributed by atoms with Gasteiger partial charge >= 0.3 is 5.97 Å². The average molecular weight is 304 g/mol. The molecule has 0 radical (unpaired) electrons. The summed E-state index contributed by atoms with van der Waals surface area (Å²) in [6.45, 7) is 1.72. The zero-order chi connectivity index (χ0) is 16.3. The number of carboxylic acids is 1. The van der Waals surface area contributed by atoms with Gasteiger partial charge in [0.25, 0.3) is 5.69 Å². The molecule has 2 atom stereocenters. The largest absolute Gasteiger partial charge is 0.481 e. The molecule has 0 aliphatic heterocycles. The fraction of sp³-hybridized carbons (Fsp3) is 0.333. The van der Waals surface area contributed by atoms with Crippen LogP contribution in [0.1, 0.15) is 18.4 Å². The molecule has 1 amide bonds. The van der Waals surface area contributed by atoms with E-state index in [9.17, 15) is 24.8 Å². The lowest BCUT2D eigenvalue weighted by Gasteiger charge is -2.24. The number of carbonyl (C=O) groups excluding carboxylic acids is 1. The Bertz CT molecular complexity index is 653. The first-order valence-electron chi connectivity index (χ1n) is 6.84. The molecule has 0 spiro atoms. The van der Waals surface area contributed by atoms with Crippen LogP contribution in [-0.4, -0.2) is 21.9 Å². The number of nitro benzene ring substituents is 1. The molecule has 7 heteroatoms. The Morgan fingerprint density at radius 2 is 1.91 bits per heavy atom. The predicted octanol–water partition coefficient (Wildman–Crippen LogP) is 2.51. The molecular formula is C15H16N2O5. The van der Waals surface area contributed by atoms with Crippen molar-refractivity contribution in [2.75, 3.05) is 5.32 Å². The molecule has 0 fully saturated rings. The van der Waals surface area contributed by atoms with E-state index in [2.05, 4.69) is 5.32 Å². The Hall–Kier alpha value is -2.70. The van der Waals surface area contributed by atoms with E-state index in [0.717, 1.165) is 0 Å². The summed E-state index contributed by atoms with van der Waals surface area (Å²) in [6, 6.07) is 4.18. The molecule has 2 unspecified atom stereocenters. The summed E-state index contributed by atoms with van der Waals surface area (Å²) in [4.78, 5) is 33.8. The number of nitrogens with zero attached hydrogens (tertiary/aromatic N) is 1. The highest BCUT2D eigenvalue weighted by Crippen LogP contribution is 2.28. The van der Waals surface area contributed by atoms with Crippen LogP contribution in [0, 0.1) is 28.9 Å². The minimum atomic E-state index is -1.01. The second kappa shape index (κ2) is 6.38. The number of nitro groups is 1. The van der Waals surface area contributed by atoms with Gasteiger partial charge in [-0.05, 0) is 25.3 Å². The number of nitrogens with one attached hydrogen (secondary N) is 1. The van der Waals surface area contributed by atoms with E-state index in [4.69, 9.17) is 0 Å². The number of rotatable bonds is 4. The molecule has 0 heterocycles. The van der Waals surface area contributed by atoms with Crippen molar-refractivity contribution in [1.29, 1.82) is 0 Å². The number of hydrogen-bond acceptors (Lipinski definition) is 4. The zero-order valence-electron chi connectivity index (χ0n) is 12.0. The van der Waals surface area contributed by atoms with Gasteiger partial charge in [0.2, 0.25) is 5.91 Å². The highest BCUT2D eigenvalue weighted by Gasteiger charge is 2.34. The summed E-state index contributed by atoms with van der Waals surface area (Å²) in [5, 5.41) is 22.6. The van der Waals surface area contributed by atoms with Crippen molar-refractivity contribution in [1.82, 2.24) is 0 Å². The van der Waals surface area contributed by atoms with E-state index in [1.54, 1.807) is 25.1 Å². The van der Waals surface area contributed by atoms with E-state index in [-0.39, 0.29) is 5.69 Å². The van der Waals surface area contributed by atoms with Crippen molar-refractivity contribution in [3.63, 3.8) is 0 Å². The van der Waals surface area contributed by atoms with Crippen LogP contribution in [0.5, 0.6) is 0 Å². The summed E-state index contributed by atoms with van der Waals surface area (Å²) in [5.41, 5.74) is 0.884. The molecule has 0 saturated carbocycles. The Labute approximate surface area is 126 Å². The van der Waals surface area contributed by atoms with Crippen molar-refractivity contribution in [3.05, 3.63) is 46.0 Å². The number of non-ortho nitro benzene ring substituents is 1. The summed E-state index contributed by atoms with van der Waals surface area (Å²) in [6.07, 6.45) is 4.18. The molecule has 7 nitrogen and oxygen atoms in total. The number of carbonyl (C=O) groups is 2. The molecule has 0 bridgehead atoms. The van der Waals surface area contributed by atoms with Gasteiger partial charge in [0.05, 0.1) is 22.4 Å². The van der Waals surface area contributed by atoms with Gasteiger partial charge < -0.3 is 10.4 Å². The van der Waals surface area contributed by atoms with E-state index in [0.29, 0.717) is 24.1 Å². The predicted molar refractivity (Wildman–Crippen MR) is 79.5 cm³/mol. The number of anilines is 1. The van der Waals surface area contributed by atoms with Gasteiger partial charge in [0, 0.05) is 12.1 Å². The summed E-state index contributed by atoms with van der Waals surface area (Å²) in [7, 11) is 0. The molecule has 1 aliphatic rings.